The number of hydrogen-bond donors (Lipinski definition) is 0. The van der Waals surface area contributed by atoms with Gasteiger partial charge in [0.25, 0.3) is 0 Å². The molecule has 60 valence electrons. The predicted molar refractivity (Wildman–Crippen MR) is 46.8 cm³/mol. The molecule has 4 heteroatoms. The first-order chi connectivity index (χ1) is 5.86. The Morgan fingerprint density at radius 2 is 2.25 bits per heavy atom. The van der Waals surface area contributed by atoms with Crippen LogP contribution < -0.4 is 0 Å². The molecule has 0 amide bonds. The van der Waals surface area contributed by atoms with Crippen molar-refractivity contribution in [2.45, 2.75) is 6.92 Å². The van der Waals surface area contributed by atoms with Crippen molar-refractivity contribution < 1.29 is 0 Å². The molecule has 0 unspecified atom stereocenters. The van der Waals surface area contributed by atoms with Crippen molar-refractivity contribution in [1.29, 1.82) is 0 Å². The van der Waals surface area contributed by atoms with Gasteiger partial charge in [0.1, 0.15) is 5.82 Å². The van der Waals surface area contributed by atoms with Gasteiger partial charge in [-0.05, 0) is 19.1 Å². The normalized spacial score (nSPS) is 22.1. The SMILES string of the molecule is Cc1nc2n(n1)\C=C/C=C/N=C\2. The van der Waals surface area contributed by atoms with Gasteiger partial charge in [-0.3, -0.25) is 4.99 Å². The lowest BCUT2D eigenvalue weighted by molar-refractivity contribution is 0.905. The smallest absolute Gasteiger partial charge is 0.173 e. The van der Waals surface area contributed by atoms with Gasteiger partial charge in [-0.1, -0.05) is 0 Å². The third kappa shape index (κ3) is 1.18. The Bertz CT molecular complexity index is 337. The van der Waals surface area contributed by atoms with Crippen molar-refractivity contribution >= 4 is 12.4 Å². The minimum atomic E-state index is 0.753. The van der Waals surface area contributed by atoms with Crippen LogP contribution in [0.5, 0.6) is 0 Å². The monoisotopic (exact) mass is 160 g/mol. The first kappa shape index (κ1) is 6.97. The van der Waals surface area contributed by atoms with Gasteiger partial charge < -0.3 is 0 Å². The summed E-state index contributed by atoms with van der Waals surface area (Å²) >= 11 is 0. The molecular weight excluding hydrogens is 152 g/mol. The van der Waals surface area contributed by atoms with Crippen LogP contribution >= 0.6 is 0 Å². The Hall–Kier alpha value is -1.71. The van der Waals surface area contributed by atoms with Gasteiger partial charge in [0.2, 0.25) is 0 Å². The van der Waals surface area contributed by atoms with Crippen molar-refractivity contribution in [3.8, 4) is 0 Å². The van der Waals surface area contributed by atoms with Crippen LogP contribution in [0.2, 0.25) is 0 Å². The van der Waals surface area contributed by atoms with Crippen LogP contribution in [0.25, 0.3) is 6.20 Å². The Kier molecular flexibility index (Phi) is 1.59. The molecule has 1 aliphatic rings. The Morgan fingerprint density at radius 1 is 1.33 bits per heavy atom. The molecule has 0 fully saturated rings. The maximum atomic E-state index is 4.17. The molecule has 0 aromatic carbocycles. The van der Waals surface area contributed by atoms with E-state index in [1.54, 1.807) is 17.1 Å². The second-order valence-electron chi connectivity index (χ2n) is 2.42. The minimum absolute atomic E-state index is 0.753. The van der Waals surface area contributed by atoms with Crippen molar-refractivity contribution in [2.75, 3.05) is 0 Å². The van der Waals surface area contributed by atoms with E-state index in [2.05, 4.69) is 15.1 Å². The van der Waals surface area contributed by atoms with E-state index in [0.29, 0.717) is 0 Å². The van der Waals surface area contributed by atoms with E-state index in [4.69, 9.17) is 0 Å². The first-order valence-electron chi connectivity index (χ1n) is 3.66. The Labute approximate surface area is 70.0 Å². The third-order valence-electron chi connectivity index (χ3n) is 1.46. The van der Waals surface area contributed by atoms with E-state index < -0.39 is 0 Å². The fraction of sp³-hybridized carbons (Fsp3) is 0.125. The number of aryl methyl sites for hydroxylation is 1. The molecule has 1 aromatic rings. The fourth-order valence-electron chi connectivity index (χ4n) is 0.985. The lowest BCUT2D eigenvalue weighted by atomic mass is 10.5. The average molecular weight is 160 g/mol. The van der Waals surface area contributed by atoms with Gasteiger partial charge in [0, 0.05) is 12.4 Å². The molecular formula is C8H8N4. The van der Waals surface area contributed by atoms with Gasteiger partial charge in [-0.2, -0.15) is 5.10 Å². The maximum absolute atomic E-state index is 4.17. The van der Waals surface area contributed by atoms with Crippen molar-refractivity contribution in [2.24, 2.45) is 4.99 Å². The zero-order valence-corrected chi connectivity index (χ0v) is 6.68. The van der Waals surface area contributed by atoms with Crippen LogP contribution in [-0.2, 0) is 0 Å². The number of rotatable bonds is 0. The van der Waals surface area contributed by atoms with E-state index >= 15 is 0 Å². The number of allylic oxidation sites excluding steroid dienone is 2. The second kappa shape index (κ2) is 2.73. The molecule has 2 rings (SSSR count). The van der Waals surface area contributed by atoms with Crippen LogP contribution in [0.15, 0.2) is 23.3 Å². The standard InChI is InChI=1S/C8H8N4/c1-7-10-8-6-9-4-2-3-5-12(8)11-7/h2-6H,1H3/b4-2+,5-3-,9-6-. The zero-order chi connectivity index (χ0) is 8.39. The first-order valence-corrected chi connectivity index (χ1v) is 3.66. The van der Waals surface area contributed by atoms with E-state index in [1.807, 2.05) is 25.3 Å². The molecule has 0 radical (unpaired) electrons. The Morgan fingerprint density at radius 3 is 3.17 bits per heavy atom. The molecule has 12 heavy (non-hydrogen) atoms. The van der Waals surface area contributed by atoms with Crippen LogP contribution in [0, 0.1) is 6.92 Å². The maximum Gasteiger partial charge on any atom is 0.173 e. The molecule has 1 aliphatic heterocycles. The van der Waals surface area contributed by atoms with Crippen molar-refractivity contribution in [3.05, 3.63) is 30.0 Å². The molecule has 0 bridgehead atoms. The molecule has 4 nitrogen and oxygen atoms in total. The topological polar surface area (TPSA) is 43.1 Å². The summed E-state index contributed by atoms with van der Waals surface area (Å²) in [5, 5.41) is 4.15. The van der Waals surface area contributed by atoms with E-state index in [9.17, 15) is 0 Å². The number of hydrogen-bond acceptors (Lipinski definition) is 3. The van der Waals surface area contributed by atoms with Crippen LogP contribution in [0.3, 0.4) is 0 Å². The molecule has 0 saturated heterocycles. The molecule has 1 aromatic heterocycles. The van der Waals surface area contributed by atoms with Crippen molar-refractivity contribution in [3.63, 3.8) is 0 Å². The highest BCUT2D eigenvalue weighted by molar-refractivity contribution is 5.76. The lowest BCUT2D eigenvalue weighted by Gasteiger charge is -1.93. The van der Waals surface area contributed by atoms with Crippen LogP contribution in [0.4, 0.5) is 0 Å². The zero-order valence-electron chi connectivity index (χ0n) is 6.68. The summed E-state index contributed by atoms with van der Waals surface area (Å²) in [5.74, 6) is 1.51. The van der Waals surface area contributed by atoms with E-state index in [-0.39, 0.29) is 0 Å². The number of fused-ring (bicyclic) bond motifs is 1. The summed E-state index contributed by atoms with van der Waals surface area (Å²) in [6.07, 6.45) is 8.95. The highest BCUT2D eigenvalue weighted by Gasteiger charge is 2.01. The minimum Gasteiger partial charge on any atom is -0.261 e. The number of nitrogens with zero attached hydrogens (tertiary/aromatic N) is 4. The molecule has 0 spiro atoms. The highest BCUT2D eigenvalue weighted by Crippen LogP contribution is 1.98. The third-order valence-corrected chi connectivity index (χ3v) is 1.46. The molecule has 0 N–H and O–H groups in total. The average Bonchev–Trinajstić information content (AvgIpc) is 2.32. The van der Waals surface area contributed by atoms with E-state index in [0.717, 1.165) is 11.6 Å². The quantitative estimate of drug-likeness (QED) is 0.568. The fourth-order valence-corrected chi connectivity index (χ4v) is 0.985. The van der Waals surface area contributed by atoms with Gasteiger partial charge >= 0.3 is 0 Å². The molecule has 0 aliphatic carbocycles. The summed E-state index contributed by atoms with van der Waals surface area (Å²) in [6.45, 7) is 1.85. The summed E-state index contributed by atoms with van der Waals surface area (Å²) < 4.78 is 1.70. The molecule has 2 heterocycles. The number of aliphatic imine (C=N–C) groups is 1. The predicted octanol–water partition coefficient (Wildman–Crippen LogP) is 1.00. The highest BCUT2D eigenvalue weighted by atomic mass is 15.3. The summed E-state index contributed by atoms with van der Waals surface area (Å²) in [5.41, 5.74) is 0. The summed E-state index contributed by atoms with van der Waals surface area (Å²) in [4.78, 5) is 8.18. The Balaban J connectivity index is 2.53. The summed E-state index contributed by atoms with van der Waals surface area (Å²) in [6, 6.07) is 0. The number of aromatic nitrogens is 3. The molecule has 0 atom stereocenters. The van der Waals surface area contributed by atoms with Gasteiger partial charge in [-0.15, -0.1) is 0 Å². The van der Waals surface area contributed by atoms with Crippen LogP contribution in [0.1, 0.15) is 11.6 Å². The largest absolute Gasteiger partial charge is 0.261 e. The molecule has 0 saturated carbocycles. The van der Waals surface area contributed by atoms with Gasteiger partial charge in [-0.25, -0.2) is 9.67 Å². The lowest BCUT2D eigenvalue weighted by Crippen LogP contribution is -1.97. The van der Waals surface area contributed by atoms with Gasteiger partial charge in [0.05, 0.1) is 6.21 Å². The van der Waals surface area contributed by atoms with E-state index in [1.165, 1.54) is 0 Å². The van der Waals surface area contributed by atoms with Gasteiger partial charge in [0.15, 0.2) is 5.82 Å². The van der Waals surface area contributed by atoms with Crippen LogP contribution in [-0.4, -0.2) is 21.0 Å². The van der Waals surface area contributed by atoms with Crippen molar-refractivity contribution in [1.82, 2.24) is 14.8 Å². The second-order valence-corrected chi connectivity index (χ2v) is 2.42. The summed E-state index contributed by atoms with van der Waals surface area (Å²) in [7, 11) is 0.